The summed E-state index contributed by atoms with van der Waals surface area (Å²) in [6.45, 7) is 6.64. The van der Waals surface area contributed by atoms with Crippen LogP contribution >= 0.6 is 15.9 Å². The van der Waals surface area contributed by atoms with Crippen LogP contribution in [0.25, 0.3) is 6.08 Å². The van der Waals surface area contributed by atoms with Gasteiger partial charge < -0.3 is 0 Å². The van der Waals surface area contributed by atoms with E-state index >= 15 is 0 Å². The Kier molecular flexibility index (Phi) is 5.10. The van der Waals surface area contributed by atoms with Crippen molar-refractivity contribution in [1.82, 2.24) is 0 Å². The Bertz CT molecular complexity index is 320. The lowest BCUT2D eigenvalue weighted by Crippen LogP contribution is -1.94. The predicted octanol–water partition coefficient (Wildman–Crippen LogP) is 4.68. The fraction of sp³-hybridized carbons (Fsp3) is 0.429. The number of allylic oxidation sites excluding steroid dienone is 1. The van der Waals surface area contributed by atoms with Crippen LogP contribution in [-0.2, 0) is 6.42 Å². The standard InChI is InChI=1S/C14H19Br/c1-4-12-5-7-13(8-6-12)9-14(10-15)11(2)3/h5-9,11H,4,10H2,1-3H3. The summed E-state index contributed by atoms with van der Waals surface area (Å²) in [7, 11) is 0. The van der Waals surface area contributed by atoms with Crippen LogP contribution < -0.4 is 0 Å². The minimum atomic E-state index is 0.607. The van der Waals surface area contributed by atoms with E-state index in [4.69, 9.17) is 0 Å². The molecule has 1 rings (SSSR count). The van der Waals surface area contributed by atoms with Gasteiger partial charge in [0.1, 0.15) is 0 Å². The van der Waals surface area contributed by atoms with E-state index in [1.807, 2.05) is 0 Å². The Hall–Kier alpha value is -0.560. The molecular formula is C14H19Br. The highest BCUT2D eigenvalue weighted by atomic mass is 79.9. The van der Waals surface area contributed by atoms with Crippen molar-refractivity contribution in [2.75, 3.05) is 5.33 Å². The van der Waals surface area contributed by atoms with Crippen LogP contribution in [0.15, 0.2) is 29.8 Å². The van der Waals surface area contributed by atoms with Crippen LogP contribution in [0.5, 0.6) is 0 Å². The molecule has 0 heterocycles. The summed E-state index contributed by atoms with van der Waals surface area (Å²) in [4.78, 5) is 0. The van der Waals surface area contributed by atoms with Crippen molar-refractivity contribution >= 4 is 22.0 Å². The van der Waals surface area contributed by atoms with Gasteiger partial charge in [-0.1, -0.05) is 72.6 Å². The Balaban J connectivity index is 2.87. The van der Waals surface area contributed by atoms with Gasteiger partial charge in [0.05, 0.1) is 0 Å². The van der Waals surface area contributed by atoms with Crippen LogP contribution in [-0.4, -0.2) is 5.33 Å². The summed E-state index contributed by atoms with van der Waals surface area (Å²) in [5.74, 6) is 0.607. The van der Waals surface area contributed by atoms with Gasteiger partial charge >= 0.3 is 0 Å². The minimum absolute atomic E-state index is 0.607. The minimum Gasteiger partial charge on any atom is -0.0880 e. The van der Waals surface area contributed by atoms with Crippen LogP contribution in [0.1, 0.15) is 31.9 Å². The second kappa shape index (κ2) is 6.12. The van der Waals surface area contributed by atoms with Gasteiger partial charge in [0.2, 0.25) is 0 Å². The van der Waals surface area contributed by atoms with E-state index in [0.717, 1.165) is 11.8 Å². The molecule has 0 bridgehead atoms. The van der Waals surface area contributed by atoms with Gasteiger partial charge in [-0.25, -0.2) is 0 Å². The number of aryl methyl sites for hydroxylation is 1. The average Bonchev–Trinajstić information content (AvgIpc) is 2.26. The van der Waals surface area contributed by atoms with E-state index in [-0.39, 0.29) is 0 Å². The molecule has 0 atom stereocenters. The number of hydrogen-bond donors (Lipinski definition) is 0. The molecule has 0 nitrogen and oxygen atoms in total. The Morgan fingerprint density at radius 2 is 1.87 bits per heavy atom. The van der Waals surface area contributed by atoms with E-state index in [2.05, 4.69) is 67.0 Å². The SMILES string of the molecule is CCc1ccc(C=C(CBr)C(C)C)cc1. The lowest BCUT2D eigenvalue weighted by atomic mass is 10.0. The van der Waals surface area contributed by atoms with E-state index in [1.165, 1.54) is 16.7 Å². The monoisotopic (exact) mass is 266 g/mol. The largest absolute Gasteiger partial charge is 0.0880 e. The zero-order valence-electron chi connectivity index (χ0n) is 9.76. The van der Waals surface area contributed by atoms with Crippen molar-refractivity contribution < 1.29 is 0 Å². The lowest BCUT2D eigenvalue weighted by molar-refractivity contribution is 0.781. The summed E-state index contributed by atoms with van der Waals surface area (Å²) in [5.41, 5.74) is 4.15. The molecule has 82 valence electrons. The first-order valence-electron chi connectivity index (χ1n) is 5.52. The molecule has 0 unspecified atom stereocenters. The molecule has 0 amide bonds. The third-order valence-corrected chi connectivity index (χ3v) is 3.28. The van der Waals surface area contributed by atoms with E-state index in [9.17, 15) is 0 Å². The second-order valence-electron chi connectivity index (χ2n) is 4.10. The summed E-state index contributed by atoms with van der Waals surface area (Å²) in [5, 5.41) is 0.959. The third-order valence-electron chi connectivity index (χ3n) is 2.64. The molecule has 0 saturated carbocycles. The molecular weight excluding hydrogens is 248 g/mol. The van der Waals surface area contributed by atoms with E-state index in [1.54, 1.807) is 0 Å². The maximum atomic E-state index is 3.53. The van der Waals surface area contributed by atoms with Gasteiger partial charge in [-0.3, -0.25) is 0 Å². The molecule has 0 saturated heterocycles. The van der Waals surface area contributed by atoms with Gasteiger partial charge in [-0.15, -0.1) is 0 Å². The van der Waals surface area contributed by atoms with Crippen LogP contribution in [0.3, 0.4) is 0 Å². The maximum Gasteiger partial charge on any atom is 0.0247 e. The quantitative estimate of drug-likeness (QED) is 0.694. The topological polar surface area (TPSA) is 0 Å². The van der Waals surface area contributed by atoms with Crippen molar-refractivity contribution in [1.29, 1.82) is 0 Å². The summed E-state index contributed by atoms with van der Waals surface area (Å²) in [6.07, 6.45) is 3.39. The van der Waals surface area contributed by atoms with E-state index in [0.29, 0.717) is 5.92 Å². The first-order valence-corrected chi connectivity index (χ1v) is 6.65. The van der Waals surface area contributed by atoms with Gasteiger partial charge in [0.15, 0.2) is 0 Å². The highest BCUT2D eigenvalue weighted by molar-refractivity contribution is 9.09. The van der Waals surface area contributed by atoms with Crippen LogP contribution in [0.2, 0.25) is 0 Å². The van der Waals surface area contributed by atoms with E-state index < -0.39 is 0 Å². The molecule has 0 aliphatic heterocycles. The smallest absolute Gasteiger partial charge is 0.0247 e. The highest BCUT2D eigenvalue weighted by Crippen LogP contribution is 2.17. The Morgan fingerprint density at radius 1 is 1.27 bits per heavy atom. The highest BCUT2D eigenvalue weighted by Gasteiger charge is 2.01. The first-order chi connectivity index (χ1) is 7.17. The van der Waals surface area contributed by atoms with Gasteiger partial charge in [0.25, 0.3) is 0 Å². The van der Waals surface area contributed by atoms with Crippen LogP contribution in [0.4, 0.5) is 0 Å². The molecule has 0 aromatic heterocycles. The molecule has 0 N–H and O–H groups in total. The van der Waals surface area contributed by atoms with Crippen molar-refractivity contribution in [3.05, 3.63) is 41.0 Å². The molecule has 1 aromatic rings. The van der Waals surface area contributed by atoms with Gasteiger partial charge in [0, 0.05) is 5.33 Å². The van der Waals surface area contributed by atoms with Crippen molar-refractivity contribution in [2.24, 2.45) is 5.92 Å². The second-order valence-corrected chi connectivity index (χ2v) is 4.66. The Morgan fingerprint density at radius 3 is 2.27 bits per heavy atom. The summed E-state index contributed by atoms with van der Waals surface area (Å²) >= 11 is 3.53. The zero-order chi connectivity index (χ0) is 11.3. The summed E-state index contributed by atoms with van der Waals surface area (Å²) in [6, 6.07) is 8.81. The van der Waals surface area contributed by atoms with Gasteiger partial charge in [-0.2, -0.15) is 0 Å². The average molecular weight is 267 g/mol. The number of benzene rings is 1. The molecule has 1 heteroatoms. The van der Waals surface area contributed by atoms with Gasteiger partial charge in [-0.05, 0) is 23.5 Å². The molecule has 1 aromatic carbocycles. The van der Waals surface area contributed by atoms with Crippen LogP contribution in [0, 0.1) is 5.92 Å². The lowest BCUT2D eigenvalue weighted by Gasteiger charge is -2.08. The first kappa shape index (κ1) is 12.5. The number of alkyl halides is 1. The molecule has 0 spiro atoms. The Labute approximate surface area is 102 Å². The molecule has 0 fully saturated rings. The number of rotatable bonds is 4. The van der Waals surface area contributed by atoms with Crippen molar-refractivity contribution in [3.8, 4) is 0 Å². The molecule has 0 radical (unpaired) electrons. The van der Waals surface area contributed by atoms with Crippen molar-refractivity contribution in [2.45, 2.75) is 27.2 Å². The third kappa shape index (κ3) is 3.83. The number of hydrogen-bond acceptors (Lipinski definition) is 0. The number of halogens is 1. The maximum absolute atomic E-state index is 3.53. The molecule has 0 aliphatic rings. The van der Waals surface area contributed by atoms with Crippen molar-refractivity contribution in [3.63, 3.8) is 0 Å². The normalized spacial score (nSPS) is 12.2. The zero-order valence-corrected chi connectivity index (χ0v) is 11.3. The fourth-order valence-electron chi connectivity index (χ4n) is 1.42. The predicted molar refractivity (Wildman–Crippen MR) is 72.4 cm³/mol. The molecule has 15 heavy (non-hydrogen) atoms. The molecule has 0 aliphatic carbocycles. The fourth-order valence-corrected chi connectivity index (χ4v) is 2.23. The summed E-state index contributed by atoms with van der Waals surface area (Å²) < 4.78 is 0.